The number of para-hydroxylation sites is 2. The lowest BCUT2D eigenvalue weighted by Crippen LogP contribution is -3.00. The van der Waals surface area contributed by atoms with E-state index in [0.717, 1.165) is 23.4 Å². The van der Waals surface area contributed by atoms with Crippen LogP contribution in [0.5, 0.6) is 0 Å². The van der Waals surface area contributed by atoms with Crippen LogP contribution in [-0.2, 0) is 22.6 Å². The molecular weight excluding hydrogens is 368 g/mol. The van der Waals surface area contributed by atoms with Gasteiger partial charge in [-0.1, -0.05) is 42.5 Å². The fourth-order valence-electron chi connectivity index (χ4n) is 2.92. The molecule has 2 aromatic carbocycles. The van der Waals surface area contributed by atoms with Crippen molar-refractivity contribution in [3.8, 4) is 0 Å². The highest BCUT2D eigenvalue weighted by atomic mass is 79.9. The third-order valence-corrected chi connectivity index (χ3v) is 4.02. The molecule has 126 valence electrons. The van der Waals surface area contributed by atoms with Crippen LogP contribution in [0.4, 0.5) is 0 Å². The van der Waals surface area contributed by atoms with Gasteiger partial charge in [-0.05, 0) is 24.6 Å². The van der Waals surface area contributed by atoms with Crippen LogP contribution in [0.25, 0.3) is 11.0 Å². The first kappa shape index (κ1) is 18.2. The number of rotatable bonds is 5. The minimum atomic E-state index is -0.205. The monoisotopic (exact) mass is 388 g/mol. The van der Waals surface area contributed by atoms with Crippen molar-refractivity contribution in [3.05, 3.63) is 66.0 Å². The lowest BCUT2D eigenvalue weighted by atomic mass is 10.2. The third kappa shape index (κ3) is 3.67. The minimum absolute atomic E-state index is 0. The highest BCUT2D eigenvalue weighted by molar-refractivity contribution is 5.76. The Labute approximate surface area is 152 Å². The van der Waals surface area contributed by atoms with Gasteiger partial charge in [0.05, 0.1) is 6.61 Å². The number of halogens is 1. The number of carbonyl (C=O) groups excluding carboxylic acids is 1. The van der Waals surface area contributed by atoms with E-state index in [1.807, 2.05) is 54.8 Å². The van der Waals surface area contributed by atoms with E-state index in [4.69, 9.17) is 4.74 Å². The molecule has 3 aromatic rings. The Kier molecular flexibility index (Phi) is 6.15. The Morgan fingerprint density at radius 2 is 1.75 bits per heavy atom. The van der Waals surface area contributed by atoms with E-state index >= 15 is 0 Å². The number of imidazole rings is 1. The third-order valence-electron chi connectivity index (χ3n) is 4.02. The highest BCUT2D eigenvalue weighted by Crippen LogP contribution is 2.15. The van der Waals surface area contributed by atoms with Crippen LogP contribution in [0.3, 0.4) is 0 Å². The molecule has 0 aliphatic rings. The van der Waals surface area contributed by atoms with Crippen LogP contribution in [0, 0.1) is 6.92 Å². The summed E-state index contributed by atoms with van der Waals surface area (Å²) in [5.74, 6) is 0.839. The molecule has 0 aliphatic heterocycles. The molecule has 0 aliphatic carbocycles. The zero-order chi connectivity index (χ0) is 16.2. The SMILES string of the molecule is CCOC(=O)Cn1c(C)[n+](Cc2ccccc2)c2ccccc21.[Br-]. The summed E-state index contributed by atoms with van der Waals surface area (Å²) in [5, 5.41) is 0. The molecule has 0 atom stereocenters. The van der Waals surface area contributed by atoms with Crippen molar-refractivity contribution in [1.82, 2.24) is 4.57 Å². The second kappa shape index (κ2) is 8.11. The summed E-state index contributed by atoms with van der Waals surface area (Å²) in [6.45, 7) is 5.29. The van der Waals surface area contributed by atoms with Crippen LogP contribution in [0.15, 0.2) is 54.6 Å². The van der Waals surface area contributed by atoms with E-state index in [1.54, 1.807) is 0 Å². The maximum Gasteiger partial charge on any atom is 0.348 e. The van der Waals surface area contributed by atoms with Crippen molar-refractivity contribution in [1.29, 1.82) is 0 Å². The van der Waals surface area contributed by atoms with Crippen molar-refractivity contribution < 1.29 is 31.1 Å². The van der Waals surface area contributed by atoms with Crippen molar-refractivity contribution in [2.75, 3.05) is 6.61 Å². The number of benzene rings is 2. The van der Waals surface area contributed by atoms with Crippen molar-refractivity contribution in [3.63, 3.8) is 0 Å². The van der Waals surface area contributed by atoms with Gasteiger partial charge < -0.3 is 21.7 Å². The molecule has 0 N–H and O–H groups in total. The van der Waals surface area contributed by atoms with Gasteiger partial charge in [-0.3, -0.25) is 0 Å². The number of nitrogens with zero attached hydrogens (tertiary/aromatic N) is 2. The molecule has 0 radical (unpaired) electrons. The number of fused-ring (bicyclic) bond motifs is 1. The molecule has 24 heavy (non-hydrogen) atoms. The van der Waals surface area contributed by atoms with E-state index in [-0.39, 0.29) is 29.5 Å². The molecular formula is C19H21BrN2O2. The Morgan fingerprint density at radius 3 is 2.46 bits per heavy atom. The lowest BCUT2D eigenvalue weighted by Gasteiger charge is -2.02. The minimum Gasteiger partial charge on any atom is -1.00 e. The number of hydrogen-bond acceptors (Lipinski definition) is 2. The summed E-state index contributed by atoms with van der Waals surface area (Å²) >= 11 is 0. The predicted molar refractivity (Wildman–Crippen MR) is 89.0 cm³/mol. The number of ether oxygens (including phenoxy) is 1. The molecule has 0 saturated carbocycles. The topological polar surface area (TPSA) is 35.1 Å². The standard InChI is InChI=1S/C19H21N2O2.BrH/c1-3-23-19(22)14-21-15(2)20(13-16-9-5-4-6-10-16)17-11-7-8-12-18(17)21;/h4-12H,3,13-14H2,1-2H3;1H/q+1;/p-1. The molecule has 1 aromatic heterocycles. The van der Waals surface area contributed by atoms with E-state index in [0.29, 0.717) is 6.61 Å². The normalized spacial score (nSPS) is 10.4. The maximum absolute atomic E-state index is 11.9. The Morgan fingerprint density at radius 1 is 1.08 bits per heavy atom. The van der Waals surface area contributed by atoms with E-state index in [2.05, 4.69) is 22.8 Å². The van der Waals surface area contributed by atoms with Gasteiger partial charge in [0.15, 0.2) is 17.6 Å². The summed E-state index contributed by atoms with van der Waals surface area (Å²) in [7, 11) is 0. The highest BCUT2D eigenvalue weighted by Gasteiger charge is 2.23. The molecule has 0 unspecified atom stereocenters. The van der Waals surface area contributed by atoms with Gasteiger partial charge in [-0.15, -0.1) is 0 Å². The maximum atomic E-state index is 11.9. The number of carbonyl (C=O) groups is 1. The van der Waals surface area contributed by atoms with E-state index in [1.165, 1.54) is 5.56 Å². The smallest absolute Gasteiger partial charge is 0.348 e. The fourth-order valence-corrected chi connectivity index (χ4v) is 2.92. The summed E-state index contributed by atoms with van der Waals surface area (Å²) in [6.07, 6.45) is 0. The number of hydrogen-bond donors (Lipinski definition) is 0. The average Bonchev–Trinajstić information content (AvgIpc) is 2.82. The lowest BCUT2D eigenvalue weighted by molar-refractivity contribution is -0.669. The van der Waals surface area contributed by atoms with Gasteiger partial charge in [-0.2, -0.15) is 0 Å². The fraction of sp³-hybridized carbons (Fsp3) is 0.263. The van der Waals surface area contributed by atoms with Gasteiger partial charge in [0.1, 0.15) is 6.54 Å². The van der Waals surface area contributed by atoms with Crippen LogP contribution in [0.2, 0.25) is 0 Å². The first-order valence-electron chi connectivity index (χ1n) is 7.88. The van der Waals surface area contributed by atoms with Crippen LogP contribution < -0.4 is 21.5 Å². The van der Waals surface area contributed by atoms with Crippen LogP contribution in [-0.4, -0.2) is 17.1 Å². The molecule has 0 amide bonds. The van der Waals surface area contributed by atoms with Crippen molar-refractivity contribution in [2.45, 2.75) is 26.9 Å². The molecule has 5 heteroatoms. The zero-order valence-corrected chi connectivity index (χ0v) is 15.5. The second-order valence-electron chi connectivity index (χ2n) is 5.50. The van der Waals surface area contributed by atoms with Crippen molar-refractivity contribution >= 4 is 17.0 Å². The van der Waals surface area contributed by atoms with E-state index < -0.39 is 0 Å². The summed E-state index contributed by atoms with van der Waals surface area (Å²) in [4.78, 5) is 11.9. The Bertz CT molecular complexity index is 828. The molecule has 0 bridgehead atoms. The van der Waals surface area contributed by atoms with Gasteiger partial charge >= 0.3 is 5.97 Å². The van der Waals surface area contributed by atoms with Gasteiger partial charge in [-0.25, -0.2) is 13.9 Å². The Balaban J connectivity index is 0.00000208. The summed E-state index contributed by atoms with van der Waals surface area (Å²) in [6, 6.07) is 18.5. The summed E-state index contributed by atoms with van der Waals surface area (Å²) in [5.41, 5.74) is 3.41. The summed E-state index contributed by atoms with van der Waals surface area (Å²) < 4.78 is 9.37. The molecule has 3 rings (SSSR count). The molecule has 0 saturated heterocycles. The molecule has 0 spiro atoms. The number of aromatic nitrogens is 2. The van der Waals surface area contributed by atoms with Crippen LogP contribution in [0.1, 0.15) is 18.3 Å². The van der Waals surface area contributed by atoms with Gasteiger partial charge in [0.25, 0.3) is 5.82 Å². The van der Waals surface area contributed by atoms with Crippen LogP contribution >= 0.6 is 0 Å². The van der Waals surface area contributed by atoms with Gasteiger partial charge in [0.2, 0.25) is 0 Å². The first-order valence-corrected chi connectivity index (χ1v) is 7.88. The first-order chi connectivity index (χ1) is 11.2. The quantitative estimate of drug-likeness (QED) is 0.450. The average molecular weight is 389 g/mol. The second-order valence-corrected chi connectivity index (χ2v) is 5.50. The number of esters is 1. The Hall–Kier alpha value is -2.14. The van der Waals surface area contributed by atoms with E-state index in [9.17, 15) is 4.79 Å². The zero-order valence-electron chi connectivity index (χ0n) is 13.9. The van der Waals surface area contributed by atoms with Crippen molar-refractivity contribution in [2.24, 2.45) is 0 Å². The van der Waals surface area contributed by atoms with Gasteiger partial charge in [0, 0.05) is 6.92 Å². The molecule has 1 heterocycles. The predicted octanol–water partition coefficient (Wildman–Crippen LogP) is -0.147. The molecule has 0 fully saturated rings. The molecule has 4 nitrogen and oxygen atoms in total. The largest absolute Gasteiger partial charge is 1.00 e.